The highest BCUT2D eigenvalue weighted by Gasteiger charge is 2.13. The highest BCUT2D eigenvalue weighted by atomic mass is 15.3. The number of hydrogen-bond acceptors (Lipinski definition) is 5. The Morgan fingerprint density at radius 2 is 1.57 bits per heavy atom. The molecule has 2 aromatic heterocycles. The van der Waals surface area contributed by atoms with Gasteiger partial charge in [-0.15, -0.1) is 0 Å². The van der Waals surface area contributed by atoms with Gasteiger partial charge in [-0.2, -0.15) is 4.98 Å². The number of anilines is 2. The summed E-state index contributed by atoms with van der Waals surface area (Å²) in [6.45, 7) is 4.31. The molecular formula is C25H25N5. The molecule has 0 aliphatic rings. The monoisotopic (exact) mass is 395 g/mol. The van der Waals surface area contributed by atoms with E-state index >= 15 is 0 Å². The summed E-state index contributed by atoms with van der Waals surface area (Å²) in [6, 6.07) is 28.5. The molecule has 0 unspecified atom stereocenters. The van der Waals surface area contributed by atoms with Crippen LogP contribution in [0.1, 0.15) is 18.2 Å². The fraction of sp³-hybridized carbons (Fsp3) is 0.160. The minimum absolute atomic E-state index is 0.607. The molecule has 2 heterocycles. The minimum atomic E-state index is 0.607. The van der Waals surface area contributed by atoms with Crippen LogP contribution < -0.4 is 10.2 Å². The van der Waals surface area contributed by atoms with Crippen LogP contribution in [0.2, 0.25) is 0 Å². The van der Waals surface area contributed by atoms with Crippen molar-refractivity contribution in [3.8, 4) is 11.3 Å². The van der Waals surface area contributed by atoms with Gasteiger partial charge in [0.05, 0.1) is 17.9 Å². The first-order valence-electron chi connectivity index (χ1n) is 10.2. The van der Waals surface area contributed by atoms with Gasteiger partial charge in [0.15, 0.2) is 0 Å². The zero-order valence-electron chi connectivity index (χ0n) is 17.1. The number of hydrogen-bond donors (Lipinski definition) is 1. The number of nitrogens with zero attached hydrogens (tertiary/aromatic N) is 4. The first-order valence-corrected chi connectivity index (χ1v) is 10.2. The van der Waals surface area contributed by atoms with Crippen LogP contribution >= 0.6 is 0 Å². The zero-order chi connectivity index (χ0) is 20.6. The van der Waals surface area contributed by atoms with Crippen LogP contribution in [-0.4, -0.2) is 21.5 Å². The summed E-state index contributed by atoms with van der Waals surface area (Å²) < 4.78 is 0. The van der Waals surface area contributed by atoms with Crippen molar-refractivity contribution in [2.75, 3.05) is 16.8 Å². The third-order valence-electron chi connectivity index (χ3n) is 4.84. The molecule has 1 N–H and O–H groups in total. The fourth-order valence-corrected chi connectivity index (χ4v) is 3.23. The zero-order valence-corrected chi connectivity index (χ0v) is 17.1. The highest BCUT2D eigenvalue weighted by Crippen LogP contribution is 2.24. The molecule has 0 spiro atoms. The van der Waals surface area contributed by atoms with Crippen LogP contribution in [0.3, 0.4) is 0 Å². The van der Waals surface area contributed by atoms with Crippen LogP contribution in [0, 0.1) is 0 Å². The Morgan fingerprint density at radius 1 is 0.833 bits per heavy atom. The van der Waals surface area contributed by atoms with Crippen molar-refractivity contribution in [1.82, 2.24) is 15.0 Å². The third-order valence-corrected chi connectivity index (χ3v) is 4.84. The maximum absolute atomic E-state index is 4.89. The standard InChI is InChI=1S/C25H25N5/c1-2-30(19-20-11-5-3-6-12-20)25-28-23(21-13-7-4-8-14-21)17-24(29-25)27-18-22-15-9-10-16-26-22/h3-17H,2,18-19H2,1H3,(H,27,28,29). The second-order valence-corrected chi connectivity index (χ2v) is 6.98. The number of nitrogens with one attached hydrogen (secondary N) is 1. The molecule has 30 heavy (non-hydrogen) atoms. The maximum Gasteiger partial charge on any atom is 0.228 e. The van der Waals surface area contributed by atoms with Gasteiger partial charge in [-0.05, 0) is 24.6 Å². The van der Waals surface area contributed by atoms with Gasteiger partial charge in [0, 0.05) is 30.9 Å². The molecule has 150 valence electrons. The lowest BCUT2D eigenvalue weighted by Crippen LogP contribution is -2.24. The predicted molar refractivity (Wildman–Crippen MR) is 122 cm³/mol. The normalized spacial score (nSPS) is 10.6. The SMILES string of the molecule is CCN(Cc1ccccc1)c1nc(NCc2ccccn2)cc(-c2ccccc2)n1. The van der Waals surface area contributed by atoms with E-state index in [4.69, 9.17) is 9.97 Å². The van der Waals surface area contributed by atoms with Crippen LogP contribution in [-0.2, 0) is 13.1 Å². The fourth-order valence-electron chi connectivity index (χ4n) is 3.23. The molecule has 0 radical (unpaired) electrons. The van der Waals surface area contributed by atoms with Crippen LogP contribution in [0.15, 0.2) is 91.1 Å². The second kappa shape index (κ2) is 9.65. The molecule has 0 atom stereocenters. The minimum Gasteiger partial charge on any atom is -0.364 e. The molecule has 5 heteroatoms. The van der Waals surface area contributed by atoms with Gasteiger partial charge in [-0.25, -0.2) is 4.98 Å². The molecule has 4 aromatic rings. The van der Waals surface area contributed by atoms with E-state index in [-0.39, 0.29) is 0 Å². The molecule has 0 aliphatic carbocycles. The van der Waals surface area contributed by atoms with Crippen molar-refractivity contribution in [2.24, 2.45) is 0 Å². The lowest BCUT2D eigenvalue weighted by atomic mass is 10.1. The van der Waals surface area contributed by atoms with Crippen molar-refractivity contribution in [3.63, 3.8) is 0 Å². The number of rotatable bonds is 8. The summed E-state index contributed by atoms with van der Waals surface area (Å²) >= 11 is 0. The first kappa shape index (κ1) is 19.6. The molecular weight excluding hydrogens is 370 g/mol. The van der Waals surface area contributed by atoms with E-state index in [1.807, 2.05) is 48.5 Å². The summed E-state index contributed by atoms with van der Waals surface area (Å²) in [6.07, 6.45) is 1.80. The molecule has 2 aromatic carbocycles. The Balaban J connectivity index is 1.65. The average molecular weight is 396 g/mol. The van der Waals surface area contributed by atoms with E-state index < -0.39 is 0 Å². The first-order chi connectivity index (χ1) is 14.8. The summed E-state index contributed by atoms with van der Waals surface area (Å²) in [5.74, 6) is 1.50. The molecule has 0 saturated heterocycles. The summed E-state index contributed by atoms with van der Waals surface area (Å²) in [4.78, 5) is 16.3. The third kappa shape index (κ3) is 5.00. The summed E-state index contributed by atoms with van der Waals surface area (Å²) in [5, 5.41) is 3.41. The van der Waals surface area contributed by atoms with Gasteiger partial charge in [0.2, 0.25) is 5.95 Å². The average Bonchev–Trinajstić information content (AvgIpc) is 2.83. The topological polar surface area (TPSA) is 53.9 Å². The van der Waals surface area contributed by atoms with Gasteiger partial charge in [0.25, 0.3) is 0 Å². The lowest BCUT2D eigenvalue weighted by molar-refractivity contribution is 0.792. The molecule has 0 fully saturated rings. The van der Waals surface area contributed by atoms with Crippen LogP contribution in [0.5, 0.6) is 0 Å². The van der Waals surface area contributed by atoms with Gasteiger partial charge in [0.1, 0.15) is 5.82 Å². The van der Waals surface area contributed by atoms with Crippen LogP contribution in [0.4, 0.5) is 11.8 Å². The molecule has 0 bridgehead atoms. The van der Waals surface area contributed by atoms with Crippen LogP contribution in [0.25, 0.3) is 11.3 Å². The van der Waals surface area contributed by atoms with Crippen molar-refractivity contribution in [3.05, 3.63) is 102 Å². The quantitative estimate of drug-likeness (QED) is 0.446. The van der Waals surface area contributed by atoms with E-state index in [2.05, 4.69) is 58.5 Å². The number of pyridine rings is 1. The Hall–Kier alpha value is -3.73. The lowest BCUT2D eigenvalue weighted by Gasteiger charge is -2.22. The van der Waals surface area contributed by atoms with Crippen molar-refractivity contribution < 1.29 is 0 Å². The predicted octanol–water partition coefficient (Wildman–Crippen LogP) is 5.18. The summed E-state index contributed by atoms with van der Waals surface area (Å²) in [7, 11) is 0. The van der Waals surface area contributed by atoms with E-state index in [0.717, 1.165) is 35.9 Å². The summed E-state index contributed by atoms with van der Waals surface area (Å²) in [5.41, 5.74) is 4.17. The van der Waals surface area contributed by atoms with Gasteiger partial charge in [-0.1, -0.05) is 66.7 Å². The van der Waals surface area contributed by atoms with Gasteiger partial charge < -0.3 is 10.2 Å². The maximum atomic E-state index is 4.89. The van der Waals surface area contributed by atoms with Crippen molar-refractivity contribution in [1.29, 1.82) is 0 Å². The Morgan fingerprint density at radius 3 is 2.27 bits per heavy atom. The van der Waals surface area contributed by atoms with Gasteiger partial charge >= 0.3 is 0 Å². The van der Waals surface area contributed by atoms with Crippen molar-refractivity contribution in [2.45, 2.75) is 20.0 Å². The Bertz CT molecular complexity index is 1050. The highest BCUT2D eigenvalue weighted by molar-refractivity contribution is 5.64. The van der Waals surface area contributed by atoms with E-state index in [9.17, 15) is 0 Å². The largest absolute Gasteiger partial charge is 0.364 e. The molecule has 0 aliphatic heterocycles. The van der Waals surface area contributed by atoms with E-state index in [0.29, 0.717) is 12.5 Å². The van der Waals surface area contributed by atoms with E-state index in [1.54, 1.807) is 6.20 Å². The Kier molecular flexibility index (Phi) is 6.30. The molecule has 5 nitrogen and oxygen atoms in total. The molecule has 0 saturated carbocycles. The Labute approximate surface area is 177 Å². The second-order valence-electron chi connectivity index (χ2n) is 6.98. The molecule has 0 amide bonds. The van der Waals surface area contributed by atoms with E-state index in [1.165, 1.54) is 5.56 Å². The molecule has 4 rings (SSSR count). The number of benzene rings is 2. The smallest absolute Gasteiger partial charge is 0.228 e. The number of aromatic nitrogens is 3. The van der Waals surface area contributed by atoms with Crippen molar-refractivity contribution >= 4 is 11.8 Å². The van der Waals surface area contributed by atoms with Gasteiger partial charge in [-0.3, -0.25) is 4.98 Å².